The Morgan fingerprint density at radius 3 is 2.91 bits per heavy atom. The minimum atomic E-state index is 0.398. The summed E-state index contributed by atoms with van der Waals surface area (Å²) in [5.41, 5.74) is 6.02. The summed E-state index contributed by atoms with van der Waals surface area (Å²) in [6, 6.07) is 0. The van der Waals surface area contributed by atoms with E-state index >= 15 is 0 Å². The van der Waals surface area contributed by atoms with E-state index in [-0.39, 0.29) is 0 Å². The Kier molecular flexibility index (Phi) is 3.60. The Bertz CT molecular complexity index is 566. The molecule has 4 aliphatic carbocycles. The Morgan fingerprint density at radius 1 is 1.23 bits per heavy atom. The maximum absolute atomic E-state index is 6.06. The van der Waals surface area contributed by atoms with E-state index in [0.29, 0.717) is 10.8 Å². The van der Waals surface area contributed by atoms with Crippen LogP contribution in [-0.4, -0.2) is 5.88 Å². The van der Waals surface area contributed by atoms with Gasteiger partial charge in [0, 0.05) is 11.3 Å². The van der Waals surface area contributed by atoms with Gasteiger partial charge in [0.1, 0.15) is 0 Å². The van der Waals surface area contributed by atoms with Crippen molar-refractivity contribution in [3.8, 4) is 0 Å². The molecular weight excluding hydrogens is 288 g/mol. The van der Waals surface area contributed by atoms with E-state index in [1.54, 1.807) is 11.1 Å². The first kappa shape index (κ1) is 15.1. The summed E-state index contributed by atoms with van der Waals surface area (Å²) in [6.45, 7) is 5.06. The third-order valence-corrected chi connectivity index (χ3v) is 7.70. The highest BCUT2D eigenvalue weighted by atomic mass is 35.5. The molecular formula is C21H29Cl. The summed E-state index contributed by atoms with van der Waals surface area (Å²) < 4.78 is 0. The average molecular weight is 317 g/mol. The van der Waals surface area contributed by atoms with Gasteiger partial charge in [0.2, 0.25) is 0 Å². The van der Waals surface area contributed by atoms with Crippen molar-refractivity contribution in [2.24, 2.45) is 22.7 Å². The number of rotatable bonds is 2. The van der Waals surface area contributed by atoms with E-state index < -0.39 is 0 Å². The number of hydrogen-bond donors (Lipinski definition) is 0. The average Bonchev–Trinajstić information content (AvgIpc) is 2.84. The first-order chi connectivity index (χ1) is 10.6. The maximum atomic E-state index is 6.06. The first-order valence-electron chi connectivity index (χ1n) is 9.25. The van der Waals surface area contributed by atoms with Crippen LogP contribution in [0.5, 0.6) is 0 Å². The van der Waals surface area contributed by atoms with Gasteiger partial charge in [-0.15, -0.1) is 11.6 Å². The first-order valence-corrected chi connectivity index (χ1v) is 9.78. The normalized spacial score (nSPS) is 43.5. The molecule has 1 heteroatoms. The van der Waals surface area contributed by atoms with Crippen molar-refractivity contribution in [3.63, 3.8) is 0 Å². The van der Waals surface area contributed by atoms with Gasteiger partial charge in [0.05, 0.1) is 0 Å². The van der Waals surface area contributed by atoms with Crippen molar-refractivity contribution in [2.75, 3.05) is 5.88 Å². The molecule has 4 aliphatic rings. The molecule has 0 spiro atoms. The highest BCUT2D eigenvalue weighted by molar-refractivity contribution is 6.18. The molecule has 0 nitrogen and oxygen atoms in total. The predicted molar refractivity (Wildman–Crippen MR) is 95.1 cm³/mol. The summed E-state index contributed by atoms with van der Waals surface area (Å²) in [5, 5.41) is 0. The molecule has 1 saturated carbocycles. The molecule has 0 aromatic heterocycles. The highest BCUT2D eigenvalue weighted by Crippen LogP contribution is 2.63. The fraction of sp³-hybridized carbons (Fsp3) is 0.714. The quantitative estimate of drug-likeness (QED) is 0.407. The number of hydrogen-bond acceptors (Lipinski definition) is 0. The molecule has 0 N–H and O–H groups in total. The molecule has 0 unspecified atom stereocenters. The molecule has 0 aliphatic heterocycles. The molecule has 0 amide bonds. The van der Waals surface area contributed by atoms with Crippen LogP contribution >= 0.6 is 11.6 Å². The maximum Gasteiger partial charge on any atom is 0.0260 e. The predicted octanol–water partition coefficient (Wildman–Crippen LogP) is 6.42. The molecule has 0 aromatic rings. The smallest absolute Gasteiger partial charge is 0.0260 e. The van der Waals surface area contributed by atoms with Crippen molar-refractivity contribution in [3.05, 3.63) is 34.9 Å². The topological polar surface area (TPSA) is 0 Å². The van der Waals surface area contributed by atoms with Crippen molar-refractivity contribution in [2.45, 2.75) is 65.2 Å². The van der Waals surface area contributed by atoms with Crippen molar-refractivity contribution in [1.82, 2.24) is 0 Å². The van der Waals surface area contributed by atoms with Gasteiger partial charge in [-0.25, -0.2) is 0 Å². The third-order valence-electron chi connectivity index (χ3n) is 7.51. The van der Waals surface area contributed by atoms with Crippen LogP contribution in [0.2, 0.25) is 0 Å². The molecule has 4 rings (SSSR count). The Hall–Kier alpha value is -0.490. The lowest BCUT2D eigenvalue weighted by Crippen LogP contribution is -2.43. The van der Waals surface area contributed by atoms with Gasteiger partial charge in [-0.3, -0.25) is 0 Å². The van der Waals surface area contributed by atoms with Crippen LogP contribution < -0.4 is 0 Å². The summed E-state index contributed by atoms with van der Waals surface area (Å²) in [7, 11) is 0. The lowest BCUT2D eigenvalue weighted by atomic mass is 9.51. The van der Waals surface area contributed by atoms with E-state index in [1.807, 2.05) is 5.57 Å². The van der Waals surface area contributed by atoms with E-state index in [1.165, 1.54) is 44.9 Å². The molecule has 0 saturated heterocycles. The largest absolute Gasteiger partial charge is 0.126 e. The molecule has 1 fully saturated rings. The van der Waals surface area contributed by atoms with Gasteiger partial charge in [-0.05, 0) is 68.6 Å². The lowest BCUT2D eigenvalue weighted by molar-refractivity contribution is 0.134. The van der Waals surface area contributed by atoms with Crippen LogP contribution in [0, 0.1) is 22.7 Å². The van der Waals surface area contributed by atoms with Crippen LogP contribution in [-0.2, 0) is 0 Å². The molecule has 0 aromatic carbocycles. The Balaban J connectivity index is 1.70. The highest BCUT2D eigenvalue weighted by Gasteiger charge is 2.52. The zero-order chi connectivity index (χ0) is 15.4. The molecule has 120 valence electrons. The van der Waals surface area contributed by atoms with E-state index in [2.05, 4.69) is 32.1 Å². The van der Waals surface area contributed by atoms with Crippen LogP contribution in [0.3, 0.4) is 0 Å². The van der Waals surface area contributed by atoms with Gasteiger partial charge in [-0.2, -0.15) is 0 Å². The van der Waals surface area contributed by atoms with E-state index in [0.717, 1.165) is 24.1 Å². The number of halogens is 1. The number of fused-ring (bicyclic) bond motifs is 5. The zero-order valence-corrected chi connectivity index (χ0v) is 14.9. The van der Waals surface area contributed by atoms with Crippen molar-refractivity contribution in [1.29, 1.82) is 0 Å². The Morgan fingerprint density at radius 2 is 2.09 bits per heavy atom. The molecule has 0 bridgehead atoms. The summed E-state index contributed by atoms with van der Waals surface area (Å²) >= 11 is 6.06. The van der Waals surface area contributed by atoms with Gasteiger partial charge in [-0.1, -0.05) is 48.8 Å². The lowest BCUT2D eigenvalue weighted by Gasteiger charge is -2.53. The Labute approximate surface area is 140 Å². The summed E-state index contributed by atoms with van der Waals surface area (Å²) in [5.74, 6) is 2.44. The van der Waals surface area contributed by atoms with Crippen LogP contribution in [0.4, 0.5) is 0 Å². The zero-order valence-electron chi connectivity index (χ0n) is 14.1. The molecule has 22 heavy (non-hydrogen) atoms. The summed E-state index contributed by atoms with van der Waals surface area (Å²) in [6.07, 6.45) is 18.2. The second-order valence-corrected chi connectivity index (χ2v) is 8.77. The van der Waals surface area contributed by atoms with Crippen LogP contribution in [0.1, 0.15) is 65.2 Å². The van der Waals surface area contributed by atoms with Gasteiger partial charge in [0.15, 0.2) is 0 Å². The SMILES string of the molecule is C[C@]12CCCC=C1CC[C@@H]1C2=CC[C@]2(C)C(CCCl)=CC[C@@H]12. The number of alkyl halides is 1. The minimum Gasteiger partial charge on any atom is -0.126 e. The monoisotopic (exact) mass is 316 g/mol. The van der Waals surface area contributed by atoms with Crippen LogP contribution in [0.15, 0.2) is 34.9 Å². The van der Waals surface area contributed by atoms with E-state index in [9.17, 15) is 0 Å². The van der Waals surface area contributed by atoms with Crippen molar-refractivity contribution >= 4 is 11.6 Å². The third kappa shape index (κ3) is 1.95. The number of allylic oxidation sites excluding steroid dienone is 6. The van der Waals surface area contributed by atoms with Gasteiger partial charge < -0.3 is 0 Å². The van der Waals surface area contributed by atoms with E-state index in [4.69, 9.17) is 11.6 Å². The molecule has 4 atom stereocenters. The van der Waals surface area contributed by atoms with Crippen LogP contribution in [0.25, 0.3) is 0 Å². The fourth-order valence-corrected chi connectivity index (χ4v) is 6.40. The standard InChI is InChI=1S/C21H29Cl/c1-20-12-4-3-5-15(20)6-8-17-18-9-7-16(11-14-22)21(18,2)13-10-19(17)20/h5,7,10,17-18H,3-4,6,8-9,11-14H2,1-2H3/t17-,18-,20-,21+/m0/s1. The fourth-order valence-electron chi connectivity index (χ4n) is 6.20. The van der Waals surface area contributed by atoms with Gasteiger partial charge >= 0.3 is 0 Å². The van der Waals surface area contributed by atoms with Crippen molar-refractivity contribution < 1.29 is 0 Å². The summed E-state index contributed by atoms with van der Waals surface area (Å²) in [4.78, 5) is 0. The molecule has 0 heterocycles. The van der Waals surface area contributed by atoms with Gasteiger partial charge in [0.25, 0.3) is 0 Å². The molecule has 0 radical (unpaired) electrons. The minimum absolute atomic E-state index is 0.398. The second kappa shape index (κ2) is 5.26. The second-order valence-electron chi connectivity index (χ2n) is 8.39.